The van der Waals surface area contributed by atoms with Crippen molar-refractivity contribution < 1.29 is 24.3 Å². The first-order valence-electron chi connectivity index (χ1n) is 8.74. The molecule has 0 saturated heterocycles. The van der Waals surface area contributed by atoms with Gasteiger partial charge < -0.3 is 10.4 Å². The van der Waals surface area contributed by atoms with Crippen molar-refractivity contribution in [3.05, 3.63) is 0 Å². The maximum absolute atomic E-state index is 10.7. The highest BCUT2D eigenvalue weighted by molar-refractivity contribution is 5.93. The van der Waals surface area contributed by atoms with Gasteiger partial charge in [0.1, 0.15) is 18.0 Å². The van der Waals surface area contributed by atoms with E-state index in [1.807, 2.05) is 20.8 Å². The second-order valence-corrected chi connectivity index (χ2v) is 5.24. The Bertz CT molecular complexity index is 353. The summed E-state index contributed by atoms with van der Waals surface area (Å²) in [6.45, 7) is 8.00. The zero-order valence-electron chi connectivity index (χ0n) is 15.9. The van der Waals surface area contributed by atoms with Crippen molar-refractivity contribution in [2.45, 2.75) is 85.5 Å². The maximum Gasteiger partial charge on any atom is 0.312 e. The summed E-state index contributed by atoms with van der Waals surface area (Å²) >= 11 is 0. The minimum absolute atomic E-state index is 0.377. The fourth-order valence-corrected chi connectivity index (χ4v) is 1.43. The van der Waals surface area contributed by atoms with E-state index in [1.165, 1.54) is 19.9 Å². The van der Waals surface area contributed by atoms with Crippen LogP contribution in [0.5, 0.6) is 0 Å². The molecule has 1 amide bonds. The van der Waals surface area contributed by atoms with Crippen molar-refractivity contribution in [1.82, 2.24) is 5.32 Å². The van der Waals surface area contributed by atoms with Gasteiger partial charge in [0.2, 0.25) is 5.91 Å². The number of carbonyl (C=O) groups is 4. The Kier molecular flexibility index (Phi) is 24.1. The van der Waals surface area contributed by atoms with Crippen LogP contribution in [-0.4, -0.2) is 35.6 Å². The number of hydrogen-bond acceptors (Lipinski definition) is 4. The van der Waals surface area contributed by atoms with Crippen molar-refractivity contribution in [3.63, 3.8) is 0 Å². The molecular formula is C18H35NO5. The second kappa shape index (κ2) is 21.3. The van der Waals surface area contributed by atoms with Crippen molar-refractivity contribution in [2.75, 3.05) is 7.05 Å². The van der Waals surface area contributed by atoms with Crippen LogP contribution in [0.25, 0.3) is 0 Å². The molecule has 142 valence electrons. The van der Waals surface area contributed by atoms with Crippen molar-refractivity contribution >= 4 is 23.4 Å². The van der Waals surface area contributed by atoms with E-state index in [0.29, 0.717) is 24.4 Å². The lowest BCUT2D eigenvalue weighted by atomic mass is 10.1. The lowest BCUT2D eigenvalue weighted by Crippen LogP contribution is -2.20. The van der Waals surface area contributed by atoms with Crippen LogP contribution in [0.4, 0.5) is 0 Å². The Labute approximate surface area is 146 Å². The van der Waals surface area contributed by atoms with Crippen LogP contribution in [0.2, 0.25) is 0 Å². The topological polar surface area (TPSA) is 101 Å². The molecule has 0 spiro atoms. The Morgan fingerprint density at radius 3 is 1.54 bits per heavy atom. The summed E-state index contributed by atoms with van der Waals surface area (Å²) in [6.07, 6.45) is 7.01. The van der Waals surface area contributed by atoms with Crippen LogP contribution in [0, 0.1) is 0 Å². The molecule has 2 N–H and O–H groups in total. The number of carbonyl (C=O) groups excluding carboxylic acids is 3. The molecule has 0 radical (unpaired) electrons. The minimum Gasteiger partial charge on any atom is -0.481 e. The van der Waals surface area contributed by atoms with E-state index in [0.717, 1.165) is 25.7 Å². The Morgan fingerprint density at radius 1 is 0.792 bits per heavy atom. The van der Waals surface area contributed by atoms with Crippen LogP contribution >= 0.6 is 0 Å². The molecule has 0 atom stereocenters. The van der Waals surface area contributed by atoms with Crippen molar-refractivity contribution in [2.24, 2.45) is 0 Å². The summed E-state index contributed by atoms with van der Waals surface area (Å²) in [6, 6.07) is 0. The molecule has 6 nitrogen and oxygen atoms in total. The van der Waals surface area contributed by atoms with E-state index in [-0.39, 0.29) is 0 Å². The first-order chi connectivity index (χ1) is 11.3. The molecule has 0 fully saturated rings. The molecule has 0 aromatic carbocycles. The highest BCUT2D eigenvalue weighted by atomic mass is 16.4. The van der Waals surface area contributed by atoms with Crippen LogP contribution in [0.3, 0.4) is 0 Å². The molecule has 6 heteroatoms. The largest absolute Gasteiger partial charge is 0.481 e. The summed E-state index contributed by atoms with van der Waals surface area (Å²) in [5, 5.41) is 10.1. The van der Waals surface area contributed by atoms with Crippen molar-refractivity contribution in [1.29, 1.82) is 0 Å². The van der Waals surface area contributed by atoms with Crippen LogP contribution in [-0.2, 0) is 19.2 Å². The number of nitrogens with one attached hydrogen (secondary N) is 1. The van der Waals surface area contributed by atoms with Crippen LogP contribution < -0.4 is 5.32 Å². The zero-order chi connectivity index (χ0) is 19.4. The number of aliphatic carboxylic acids is 1. The normalized spacial score (nSPS) is 8.88. The number of amides is 1. The molecule has 24 heavy (non-hydrogen) atoms. The third-order valence-electron chi connectivity index (χ3n) is 2.97. The molecule has 0 aliphatic rings. The van der Waals surface area contributed by atoms with Gasteiger partial charge in [-0.15, -0.1) is 0 Å². The zero-order valence-corrected chi connectivity index (χ0v) is 15.9. The van der Waals surface area contributed by atoms with Crippen molar-refractivity contribution in [3.8, 4) is 0 Å². The smallest absolute Gasteiger partial charge is 0.312 e. The van der Waals surface area contributed by atoms with E-state index in [2.05, 4.69) is 12.2 Å². The maximum atomic E-state index is 10.7. The summed E-state index contributed by atoms with van der Waals surface area (Å²) in [5.74, 6) is -0.798. The molecule has 0 rings (SSSR count). The predicted octanol–water partition coefficient (Wildman–Crippen LogP) is 3.52. The van der Waals surface area contributed by atoms with Crippen LogP contribution in [0.1, 0.15) is 85.5 Å². The predicted molar refractivity (Wildman–Crippen MR) is 96.0 cm³/mol. The number of rotatable bonds is 10. The first kappa shape index (κ1) is 27.1. The Hall–Kier alpha value is -1.72. The van der Waals surface area contributed by atoms with E-state index < -0.39 is 18.3 Å². The number of ketones is 2. The van der Waals surface area contributed by atoms with E-state index in [1.54, 1.807) is 0 Å². The molecule has 0 aliphatic carbocycles. The summed E-state index contributed by atoms with van der Waals surface area (Å²) in [5.41, 5.74) is 0. The Balaban J connectivity index is -0.000000278. The van der Waals surface area contributed by atoms with Gasteiger partial charge in [0.25, 0.3) is 0 Å². The monoisotopic (exact) mass is 345 g/mol. The quantitative estimate of drug-likeness (QED) is 0.466. The second-order valence-electron chi connectivity index (χ2n) is 5.24. The first-order valence-corrected chi connectivity index (χ1v) is 8.74. The third kappa shape index (κ3) is 28.4. The van der Waals surface area contributed by atoms with E-state index in [9.17, 15) is 19.2 Å². The summed E-state index contributed by atoms with van der Waals surface area (Å²) in [7, 11) is 1.39. The molecule has 0 bridgehead atoms. The molecule has 0 heterocycles. The van der Waals surface area contributed by atoms with Gasteiger partial charge in [0.05, 0.1) is 0 Å². The number of carboxylic acids is 1. The number of hydrogen-bond donors (Lipinski definition) is 2. The van der Waals surface area contributed by atoms with Crippen LogP contribution in [0.15, 0.2) is 0 Å². The van der Waals surface area contributed by atoms with Gasteiger partial charge in [0.15, 0.2) is 0 Å². The lowest BCUT2D eigenvalue weighted by Gasteiger charge is -1.93. The summed E-state index contributed by atoms with van der Waals surface area (Å²) < 4.78 is 0. The molecule has 0 aromatic rings. The molecule has 0 aromatic heterocycles. The molecule has 0 saturated carbocycles. The molecular weight excluding hydrogens is 310 g/mol. The van der Waals surface area contributed by atoms with Gasteiger partial charge in [-0.3, -0.25) is 19.2 Å². The SMILES string of the molecule is CCCC(=O)CC.CCCCCC(=O)CC.CNC(=O)CC(=O)O. The fourth-order valence-electron chi connectivity index (χ4n) is 1.43. The molecule has 0 aliphatic heterocycles. The summed E-state index contributed by atoms with van der Waals surface area (Å²) in [4.78, 5) is 40.9. The average molecular weight is 345 g/mol. The van der Waals surface area contributed by atoms with E-state index in [4.69, 9.17) is 5.11 Å². The standard InChI is InChI=1S/C8H16O.C6H12O.C4H7NO3/c1-3-5-6-7-8(9)4-2;1-3-5-6(7)4-2;1-5-3(6)2-4(7)8/h3-7H2,1-2H3;3-5H2,1-2H3;2H2,1H3,(H,5,6)(H,7,8). The van der Waals surface area contributed by atoms with Gasteiger partial charge in [-0.05, 0) is 12.8 Å². The third-order valence-corrected chi connectivity index (χ3v) is 2.97. The number of carboxylic acid groups (broad SMARTS) is 1. The van der Waals surface area contributed by atoms with Gasteiger partial charge in [0, 0.05) is 32.7 Å². The average Bonchev–Trinajstić information content (AvgIpc) is 2.55. The minimum atomic E-state index is -1.11. The highest BCUT2D eigenvalue weighted by Crippen LogP contribution is 2.00. The number of Topliss-reactive ketones (excluding diaryl/α,β-unsaturated/α-hetero) is 2. The van der Waals surface area contributed by atoms with Gasteiger partial charge >= 0.3 is 5.97 Å². The fraction of sp³-hybridized carbons (Fsp3) is 0.778. The highest BCUT2D eigenvalue weighted by Gasteiger charge is 2.02. The Morgan fingerprint density at radius 2 is 1.29 bits per heavy atom. The lowest BCUT2D eigenvalue weighted by molar-refractivity contribution is -0.140. The molecule has 0 unspecified atom stereocenters. The van der Waals surface area contributed by atoms with E-state index >= 15 is 0 Å². The van der Waals surface area contributed by atoms with Gasteiger partial charge in [-0.25, -0.2) is 0 Å². The number of unbranched alkanes of at least 4 members (excludes halogenated alkanes) is 2. The van der Waals surface area contributed by atoms with Gasteiger partial charge in [-0.1, -0.05) is 40.5 Å². The van der Waals surface area contributed by atoms with Gasteiger partial charge in [-0.2, -0.15) is 0 Å².